The lowest BCUT2D eigenvalue weighted by Gasteiger charge is -2.12. The molecule has 30 heavy (non-hydrogen) atoms. The van der Waals surface area contributed by atoms with Gasteiger partial charge in [0.05, 0.1) is 16.0 Å². The van der Waals surface area contributed by atoms with Crippen LogP contribution in [0.4, 0.5) is 24.5 Å². The maximum Gasteiger partial charge on any atom is 0.416 e. The molecule has 0 saturated carbocycles. The number of carbonyl (C=O) groups excluding carboxylic acids is 1. The molecule has 0 spiro atoms. The third-order valence-electron chi connectivity index (χ3n) is 3.91. The maximum atomic E-state index is 12.8. The van der Waals surface area contributed by atoms with Crippen LogP contribution in [0.2, 0.25) is 0 Å². The third kappa shape index (κ3) is 5.06. The highest BCUT2D eigenvalue weighted by Gasteiger charge is 2.30. The Morgan fingerprint density at radius 3 is 2.23 bits per heavy atom. The SMILES string of the molecule is O=C(Nc1cccc(S(=O)(=O)Nc2cccc(C(F)(F)F)c2)c1)c1cc[n+]([O-])cc1. The van der Waals surface area contributed by atoms with Crippen molar-refractivity contribution in [2.45, 2.75) is 11.1 Å². The quantitative estimate of drug-likeness (QED) is 0.472. The molecule has 156 valence electrons. The molecule has 3 rings (SSSR count). The number of sulfonamides is 1. The van der Waals surface area contributed by atoms with Crippen LogP contribution in [0.15, 0.2) is 78.0 Å². The second-order valence-electron chi connectivity index (χ2n) is 6.11. The molecule has 0 fully saturated rings. The topological polar surface area (TPSA) is 102 Å². The summed E-state index contributed by atoms with van der Waals surface area (Å²) in [5, 5.41) is 13.5. The van der Waals surface area contributed by atoms with E-state index in [0.717, 1.165) is 30.6 Å². The molecule has 0 aliphatic rings. The number of nitrogens with zero attached hydrogens (tertiary/aromatic N) is 1. The van der Waals surface area contributed by atoms with E-state index < -0.39 is 27.7 Å². The number of halogens is 3. The molecule has 0 saturated heterocycles. The molecule has 0 aliphatic carbocycles. The summed E-state index contributed by atoms with van der Waals surface area (Å²) < 4.78 is 66.2. The van der Waals surface area contributed by atoms with Crippen molar-refractivity contribution in [3.63, 3.8) is 0 Å². The number of nitrogens with one attached hydrogen (secondary N) is 2. The van der Waals surface area contributed by atoms with E-state index in [4.69, 9.17) is 0 Å². The van der Waals surface area contributed by atoms with Crippen LogP contribution in [0.25, 0.3) is 0 Å². The van der Waals surface area contributed by atoms with Gasteiger partial charge in [-0.2, -0.15) is 17.9 Å². The fourth-order valence-corrected chi connectivity index (χ4v) is 3.58. The van der Waals surface area contributed by atoms with Crippen molar-refractivity contribution in [3.05, 3.63) is 89.4 Å². The van der Waals surface area contributed by atoms with Crippen LogP contribution in [0.1, 0.15) is 15.9 Å². The van der Waals surface area contributed by atoms with Gasteiger partial charge in [0, 0.05) is 23.5 Å². The zero-order valence-electron chi connectivity index (χ0n) is 15.1. The standard InChI is InChI=1S/C19H14F3N3O4S/c20-19(21,22)14-3-1-5-16(11-14)24-30(28,29)17-6-2-4-15(12-17)23-18(26)13-7-9-25(27)10-8-13/h1-12,24H,(H,23,26). The second-order valence-corrected chi connectivity index (χ2v) is 7.80. The number of anilines is 2. The van der Waals surface area contributed by atoms with Crippen LogP contribution in [0, 0.1) is 5.21 Å². The van der Waals surface area contributed by atoms with Crippen molar-refractivity contribution in [1.82, 2.24) is 0 Å². The average molecular weight is 437 g/mol. The zero-order valence-corrected chi connectivity index (χ0v) is 15.9. The highest BCUT2D eigenvalue weighted by Crippen LogP contribution is 2.31. The number of amides is 1. The van der Waals surface area contributed by atoms with Crippen LogP contribution >= 0.6 is 0 Å². The van der Waals surface area contributed by atoms with Gasteiger partial charge in [0.2, 0.25) is 0 Å². The lowest BCUT2D eigenvalue weighted by Crippen LogP contribution is -2.25. The molecule has 11 heteroatoms. The largest absolute Gasteiger partial charge is 0.619 e. The normalized spacial score (nSPS) is 11.7. The van der Waals surface area contributed by atoms with Crippen molar-refractivity contribution >= 4 is 27.3 Å². The van der Waals surface area contributed by atoms with Crippen molar-refractivity contribution in [2.75, 3.05) is 10.0 Å². The number of alkyl halides is 3. The van der Waals surface area contributed by atoms with E-state index >= 15 is 0 Å². The zero-order chi connectivity index (χ0) is 21.9. The number of carbonyl (C=O) groups is 1. The van der Waals surface area contributed by atoms with E-state index in [-0.39, 0.29) is 21.8 Å². The Morgan fingerprint density at radius 2 is 1.57 bits per heavy atom. The van der Waals surface area contributed by atoms with Gasteiger partial charge in [-0.15, -0.1) is 0 Å². The Labute approximate surface area is 169 Å². The van der Waals surface area contributed by atoms with Crippen molar-refractivity contribution in [3.8, 4) is 0 Å². The summed E-state index contributed by atoms with van der Waals surface area (Å²) >= 11 is 0. The molecule has 2 N–H and O–H groups in total. The van der Waals surface area contributed by atoms with Gasteiger partial charge in [-0.25, -0.2) is 8.42 Å². The lowest BCUT2D eigenvalue weighted by atomic mass is 10.2. The Kier molecular flexibility index (Phi) is 5.65. The Morgan fingerprint density at radius 1 is 0.933 bits per heavy atom. The summed E-state index contributed by atoms with van der Waals surface area (Å²) in [6.45, 7) is 0. The highest BCUT2D eigenvalue weighted by molar-refractivity contribution is 7.92. The summed E-state index contributed by atoms with van der Waals surface area (Å²) in [4.78, 5) is 12.0. The number of rotatable bonds is 5. The van der Waals surface area contributed by atoms with E-state index in [1.165, 1.54) is 36.4 Å². The van der Waals surface area contributed by atoms with Gasteiger partial charge in [-0.1, -0.05) is 12.1 Å². The van der Waals surface area contributed by atoms with Crippen LogP contribution in [-0.2, 0) is 16.2 Å². The van der Waals surface area contributed by atoms with E-state index in [2.05, 4.69) is 10.0 Å². The van der Waals surface area contributed by atoms with Gasteiger partial charge in [-0.3, -0.25) is 9.52 Å². The minimum absolute atomic E-state index is 0.144. The first-order chi connectivity index (χ1) is 14.0. The molecule has 7 nitrogen and oxygen atoms in total. The molecule has 0 radical (unpaired) electrons. The molecule has 1 aromatic heterocycles. The minimum Gasteiger partial charge on any atom is -0.619 e. The first-order valence-corrected chi connectivity index (χ1v) is 9.83. The van der Waals surface area contributed by atoms with Gasteiger partial charge in [0.15, 0.2) is 12.4 Å². The fourth-order valence-electron chi connectivity index (χ4n) is 2.48. The van der Waals surface area contributed by atoms with Gasteiger partial charge in [0.1, 0.15) is 0 Å². The maximum absolute atomic E-state index is 12.8. The highest BCUT2D eigenvalue weighted by atomic mass is 32.2. The molecule has 0 bridgehead atoms. The minimum atomic E-state index is -4.62. The van der Waals surface area contributed by atoms with E-state index in [0.29, 0.717) is 10.8 Å². The van der Waals surface area contributed by atoms with Crippen molar-refractivity contribution in [1.29, 1.82) is 0 Å². The average Bonchev–Trinajstić information content (AvgIpc) is 2.68. The first-order valence-electron chi connectivity index (χ1n) is 8.35. The number of benzene rings is 2. The Balaban J connectivity index is 1.80. The predicted octanol–water partition coefficient (Wildman–Crippen LogP) is 3.39. The van der Waals surface area contributed by atoms with Gasteiger partial charge < -0.3 is 10.5 Å². The smallest absolute Gasteiger partial charge is 0.416 e. The van der Waals surface area contributed by atoms with Crippen molar-refractivity contribution < 1.29 is 31.1 Å². The molecule has 0 unspecified atom stereocenters. The monoisotopic (exact) mass is 437 g/mol. The number of hydrogen-bond acceptors (Lipinski definition) is 4. The molecular weight excluding hydrogens is 423 g/mol. The molecule has 2 aromatic carbocycles. The van der Waals surface area contributed by atoms with Gasteiger partial charge in [0.25, 0.3) is 15.9 Å². The van der Waals surface area contributed by atoms with Gasteiger partial charge in [-0.05, 0) is 36.4 Å². The molecule has 3 aromatic rings. The number of aromatic nitrogens is 1. The van der Waals surface area contributed by atoms with Crippen LogP contribution in [-0.4, -0.2) is 14.3 Å². The Bertz CT molecular complexity index is 1180. The third-order valence-corrected chi connectivity index (χ3v) is 5.29. The fraction of sp³-hybridized carbons (Fsp3) is 0.0526. The predicted molar refractivity (Wildman–Crippen MR) is 102 cm³/mol. The van der Waals surface area contributed by atoms with Gasteiger partial charge >= 0.3 is 6.18 Å². The lowest BCUT2D eigenvalue weighted by molar-refractivity contribution is -0.605. The van der Waals surface area contributed by atoms with Crippen LogP contribution in [0.5, 0.6) is 0 Å². The molecule has 0 atom stereocenters. The summed E-state index contributed by atoms with van der Waals surface area (Å²) in [6.07, 6.45) is -2.35. The van der Waals surface area contributed by atoms with E-state index in [1.54, 1.807) is 0 Å². The van der Waals surface area contributed by atoms with Crippen molar-refractivity contribution in [2.24, 2.45) is 0 Å². The summed E-state index contributed by atoms with van der Waals surface area (Å²) in [5.41, 5.74) is -0.927. The second kappa shape index (κ2) is 8.03. The molecule has 1 amide bonds. The number of pyridine rings is 1. The number of hydrogen-bond donors (Lipinski definition) is 2. The van der Waals surface area contributed by atoms with Crippen LogP contribution in [0.3, 0.4) is 0 Å². The van der Waals surface area contributed by atoms with E-state index in [9.17, 15) is 31.6 Å². The summed E-state index contributed by atoms with van der Waals surface area (Å²) in [7, 11) is -4.22. The van der Waals surface area contributed by atoms with E-state index in [1.807, 2.05) is 0 Å². The molecule has 1 heterocycles. The summed E-state index contributed by atoms with van der Waals surface area (Å²) in [5.74, 6) is -0.573. The Hall–Kier alpha value is -3.60. The first kappa shape index (κ1) is 21.1. The molecule has 0 aliphatic heterocycles. The van der Waals surface area contributed by atoms with Crippen LogP contribution < -0.4 is 14.8 Å². The molecular formula is C19H14F3N3O4S. The summed E-state index contributed by atoms with van der Waals surface area (Å²) in [6, 6.07) is 11.6.